The van der Waals surface area contributed by atoms with Crippen LogP contribution >= 0.6 is 0 Å². The fourth-order valence-electron chi connectivity index (χ4n) is 4.58. The van der Waals surface area contributed by atoms with E-state index in [1.165, 1.54) is 0 Å². The molecule has 1 atom stereocenters. The molecule has 0 aliphatic carbocycles. The first kappa shape index (κ1) is 23.3. The first-order valence-electron chi connectivity index (χ1n) is 11.7. The molecule has 2 amide bonds. The minimum atomic E-state index is -0.0210. The highest BCUT2D eigenvalue weighted by Crippen LogP contribution is 2.18. The van der Waals surface area contributed by atoms with Crippen molar-refractivity contribution < 1.29 is 19.1 Å². The van der Waals surface area contributed by atoms with Crippen LogP contribution in [0, 0.1) is 6.92 Å². The van der Waals surface area contributed by atoms with Gasteiger partial charge in [-0.15, -0.1) is 0 Å². The number of morpholine rings is 1. The maximum Gasteiger partial charge on any atom is 0.254 e. The number of hydrogen-bond donors (Lipinski definition) is 0. The summed E-state index contributed by atoms with van der Waals surface area (Å²) < 4.78 is 11.3. The lowest BCUT2D eigenvalue weighted by molar-refractivity contribution is -0.0353. The van der Waals surface area contributed by atoms with Crippen LogP contribution in [0.4, 0.5) is 0 Å². The van der Waals surface area contributed by atoms with Crippen molar-refractivity contribution in [1.29, 1.82) is 0 Å². The van der Waals surface area contributed by atoms with E-state index in [9.17, 15) is 9.59 Å². The van der Waals surface area contributed by atoms with E-state index in [0.717, 1.165) is 43.7 Å². The molecular formula is C26H33N3O4. The lowest BCUT2D eigenvalue weighted by Gasteiger charge is -2.35. The molecular weight excluding hydrogens is 418 g/mol. The summed E-state index contributed by atoms with van der Waals surface area (Å²) in [5.74, 6) is 0.809. The molecule has 7 heteroatoms. The van der Waals surface area contributed by atoms with Crippen molar-refractivity contribution >= 4 is 11.8 Å². The van der Waals surface area contributed by atoms with Gasteiger partial charge < -0.3 is 19.3 Å². The smallest absolute Gasteiger partial charge is 0.254 e. The Labute approximate surface area is 195 Å². The number of hydrogen-bond acceptors (Lipinski definition) is 5. The van der Waals surface area contributed by atoms with Crippen molar-refractivity contribution in [3.63, 3.8) is 0 Å². The van der Waals surface area contributed by atoms with E-state index >= 15 is 0 Å². The molecule has 2 aliphatic heterocycles. The number of benzene rings is 2. The first-order chi connectivity index (χ1) is 16.0. The molecule has 2 aromatic carbocycles. The van der Waals surface area contributed by atoms with Crippen LogP contribution in [-0.2, 0) is 4.74 Å². The van der Waals surface area contributed by atoms with Gasteiger partial charge in [-0.2, -0.15) is 0 Å². The normalized spacial score (nSPS) is 19.8. The Morgan fingerprint density at radius 1 is 0.970 bits per heavy atom. The van der Waals surface area contributed by atoms with E-state index in [-0.39, 0.29) is 17.9 Å². The Morgan fingerprint density at radius 2 is 1.82 bits per heavy atom. The molecule has 33 heavy (non-hydrogen) atoms. The molecule has 2 aliphatic rings. The largest absolute Gasteiger partial charge is 0.497 e. The second kappa shape index (κ2) is 10.8. The Bertz CT molecular complexity index is 980. The predicted molar refractivity (Wildman–Crippen MR) is 127 cm³/mol. The Hall–Kier alpha value is -2.90. The minimum Gasteiger partial charge on any atom is -0.497 e. The summed E-state index contributed by atoms with van der Waals surface area (Å²) >= 11 is 0. The van der Waals surface area contributed by atoms with Gasteiger partial charge in [0.25, 0.3) is 11.8 Å². The Morgan fingerprint density at radius 3 is 2.64 bits per heavy atom. The topological polar surface area (TPSA) is 62.3 Å². The van der Waals surface area contributed by atoms with Crippen molar-refractivity contribution in [3.8, 4) is 5.75 Å². The summed E-state index contributed by atoms with van der Waals surface area (Å²) in [6.45, 7) is 7.61. The molecule has 0 bridgehead atoms. The second-order valence-corrected chi connectivity index (χ2v) is 8.74. The average Bonchev–Trinajstić information content (AvgIpc) is 3.09. The van der Waals surface area contributed by atoms with Crippen molar-refractivity contribution in [2.24, 2.45) is 0 Å². The van der Waals surface area contributed by atoms with Crippen LogP contribution in [0.25, 0.3) is 0 Å². The third-order valence-electron chi connectivity index (χ3n) is 6.46. The highest BCUT2D eigenvalue weighted by molar-refractivity contribution is 5.96. The van der Waals surface area contributed by atoms with Crippen molar-refractivity contribution in [2.45, 2.75) is 19.4 Å². The van der Waals surface area contributed by atoms with Gasteiger partial charge in [-0.3, -0.25) is 14.5 Å². The standard InChI is InChI=1S/C26H33N3O4/c1-20-7-3-4-10-24(20)26(31)29-15-16-33-23(19-29)18-27-11-6-12-28(14-13-27)25(30)21-8-5-9-22(17-21)32-2/h3-5,7-10,17,23H,6,11-16,18-19H2,1-2H3. The van der Waals surface area contributed by atoms with Gasteiger partial charge in [-0.25, -0.2) is 0 Å². The van der Waals surface area contributed by atoms with Gasteiger partial charge in [0.15, 0.2) is 0 Å². The lowest BCUT2D eigenvalue weighted by atomic mass is 10.1. The second-order valence-electron chi connectivity index (χ2n) is 8.74. The highest BCUT2D eigenvalue weighted by Gasteiger charge is 2.28. The first-order valence-corrected chi connectivity index (χ1v) is 11.7. The number of amides is 2. The van der Waals surface area contributed by atoms with Crippen LogP contribution < -0.4 is 4.74 Å². The molecule has 2 saturated heterocycles. The third kappa shape index (κ3) is 5.72. The van der Waals surface area contributed by atoms with E-state index in [4.69, 9.17) is 9.47 Å². The number of methoxy groups -OCH3 is 1. The van der Waals surface area contributed by atoms with E-state index in [1.54, 1.807) is 13.2 Å². The summed E-state index contributed by atoms with van der Waals surface area (Å²) in [6, 6.07) is 15.1. The molecule has 0 radical (unpaired) electrons. The van der Waals surface area contributed by atoms with Crippen LogP contribution in [0.15, 0.2) is 48.5 Å². The number of nitrogens with zero attached hydrogens (tertiary/aromatic N) is 3. The highest BCUT2D eigenvalue weighted by atomic mass is 16.5. The molecule has 4 rings (SSSR count). The maximum atomic E-state index is 13.0. The monoisotopic (exact) mass is 451 g/mol. The lowest BCUT2D eigenvalue weighted by Crippen LogP contribution is -2.50. The Kier molecular flexibility index (Phi) is 7.62. The molecule has 0 spiro atoms. The molecule has 7 nitrogen and oxygen atoms in total. The van der Waals surface area contributed by atoms with Gasteiger partial charge in [0.1, 0.15) is 5.75 Å². The molecule has 176 valence electrons. The molecule has 0 saturated carbocycles. The van der Waals surface area contributed by atoms with Gasteiger partial charge >= 0.3 is 0 Å². The molecule has 2 aromatic rings. The predicted octanol–water partition coefficient (Wildman–Crippen LogP) is 2.69. The molecule has 1 unspecified atom stereocenters. The number of aryl methyl sites for hydroxylation is 1. The van der Waals surface area contributed by atoms with Gasteiger partial charge in [0.2, 0.25) is 0 Å². The zero-order valence-electron chi connectivity index (χ0n) is 19.5. The number of ether oxygens (including phenoxy) is 2. The van der Waals surface area contributed by atoms with Gasteiger partial charge in [-0.05, 0) is 49.7 Å². The summed E-state index contributed by atoms with van der Waals surface area (Å²) in [4.78, 5) is 32.2. The van der Waals surface area contributed by atoms with Crippen LogP contribution in [-0.4, -0.2) is 92.1 Å². The van der Waals surface area contributed by atoms with Crippen molar-refractivity contribution in [1.82, 2.24) is 14.7 Å². The zero-order valence-corrected chi connectivity index (χ0v) is 19.5. The average molecular weight is 452 g/mol. The van der Waals surface area contributed by atoms with Gasteiger partial charge in [0, 0.05) is 50.4 Å². The summed E-state index contributed by atoms with van der Waals surface area (Å²) in [6.07, 6.45) is 0.890. The molecule has 2 heterocycles. The zero-order chi connectivity index (χ0) is 23.2. The Balaban J connectivity index is 1.32. The van der Waals surface area contributed by atoms with Crippen molar-refractivity contribution in [3.05, 3.63) is 65.2 Å². The van der Waals surface area contributed by atoms with Gasteiger partial charge in [0.05, 0.1) is 19.8 Å². The van der Waals surface area contributed by atoms with E-state index in [0.29, 0.717) is 37.6 Å². The van der Waals surface area contributed by atoms with E-state index in [1.807, 2.05) is 59.2 Å². The molecule has 0 aromatic heterocycles. The minimum absolute atomic E-state index is 0.0210. The fraction of sp³-hybridized carbons (Fsp3) is 0.462. The number of carbonyl (C=O) groups is 2. The molecule has 2 fully saturated rings. The molecule has 0 N–H and O–H groups in total. The van der Waals surface area contributed by atoms with Crippen LogP contribution in [0.5, 0.6) is 5.75 Å². The van der Waals surface area contributed by atoms with Crippen LogP contribution in [0.1, 0.15) is 32.7 Å². The quantitative estimate of drug-likeness (QED) is 0.700. The third-order valence-corrected chi connectivity index (χ3v) is 6.46. The summed E-state index contributed by atoms with van der Waals surface area (Å²) in [5.41, 5.74) is 2.42. The van der Waals surface area contributed by atoms with Gasteiger partial charge in [-0.1, -0.05) is 24.3 Å². The fourth-order valence-corrected chi connectivity index (χ4v) is 4.58. The van der Waals surface area contributed by atoms with Crippen LogP contribution in [0.2, 0.25) is 0 Å². The van der Waals surface area contributed by atoms with Crippen LogP contribution in [0.3, 0.4) is 0 Å². The van der Waals surface area contributed by atoms with E-state index < -0.39 is 0 Å². The summed E-state index contributed by atoms with van der Waals surface area (Å²) in [5, 5.41) is 0. The number of rotatable bonds is 5. The number of carbonyl (C=O) groups excluding carboxylic acids is 2. The van der Waals surface area contributed by atoms with E-state index in [2.05, 4.69) is 4.90 Å². The maximum absolute atomic E-state index is 13.0. The summed E-state index contributed by atoms with van der Waals surface area (Å²) in [7, 11) is 1.61. The van der Waals surface area contributed by atoms with Crippen molar-refractivity contribution in [2.75, 3.05) is 59.5 Å². The SMILES string of the molecule is COc1cccc(C(=O)N2CCCN(CC3CN(C(=O)c4ccccc4C)CCO3)CC2)c1.